The summed E-state index contributed by atoms with van der Waals surface area (Å²) in [4.78, 5) is 16.8. The SMILES string of the molecule is CC(NC(=O)[C@@H]1CCC[C@@H]1CN)c1noc(-c2ccc(Cl)cc2)n1. The third-order valence-corrected chi connectivity index (χ3v) is 4.83. The van der Waals surface area contributed by atoms with Crippen LogP contribution in [0.4, 0.5) is 0 Å². The van der Waals surface area contributed by atoms with Gasteiger partial charge in [0, 0.05) is 16.5 Å². The van der Waals surface area contributed by atoms with Gasteiger partial charge in [-0.3, -0.25) is 4.79 Å². The van der Waals surface area contributed by atoms with Crippen molar-refractivity contribution in [1.82, 2.24) is 15.5 Å². The van der Waals surface area contributed by atoms with Crippen LogP contribution in [0.2, 0.25) is 5.02 Å². The fourth-order valence-corrected chi connectivity index (χ4v) is 3.30. The second-order valence-electron chi connectivity index (χ2n) is 6.23. The van der Waals surface area contributed by atoms with Crippen molar-refractivity contribution in [2.75, 3.05) is 6.54 Å². The van der Waals surface area contributed by atoms with Gasteiger partial charge < -0.3 is 15.6 Å². The summed E-state index contributed by atoms with van der Waals surface area (Å²) < 4.78 is 5.29. The molecule has 6 nitrogen and oxygen atoms in total. The Bertz CT molecular complexity index is 701. The van der Waals surface area contributed by atoms with Crippen LogP contribution in [0.25, 0.3) is 11.5 Å². The van der Waals surface area contributed by atoms with Crippen LogP contribution in [0.3, 0.4) is 0 Å². The summed E-state index contributed by atoms with van der Waals surface area (Å²) in [5.74, 6) is 1.14. The molecule has 128 valence electrons. The van der Waals surface area contributed by atoms with E-state index < -0.39 is 0 Å². The van der Waals surface area contributed by atoms with Crippen molar-refractivity contribution in [1.29, 1.82) is 0 Å². The quantitative estimate of drug-likeness (QED) is 0.866. The number of amides is 1. The van der Waals surface area contributed by atoms with E-state index in [9.17, 15) is 4.79 Å². The minimum Gasteiger partial charge on any atom is -0.346 e. The molecule has 1 heterocycles. The van der Waals surface area contributed by atoms with E-state index in [0.717, 1.165) is 24.8 Å². The lowest BCUT2D eigenvalue weighted by molar-refractivity contribution is -0.126. The van der Waals surface area contributed by atoms with E-state index in [1.807, 2.05) is 19.1 Å². The van der Waals surface area contributed by atoms with Crippen LogP contribution in [0, 0.1) is 11.8 Å². The normalized spacial score (nSPS) is 21.6. The monoisotopic (exact) mass is 348 g/mol. The fraction of sp³-hybridized carbons (Fsp3) is 0.471. The molecule has 0 spiro atoms. The number of aromatic nitrogens is 2. The van der Waals surface area contributed by atoms with E-state index in [-0.39, 0.29) is 23.8 Å². The Balaban J connectivity index is 1.66. The molecule has 1 fully saturated rings. The van der Waals surface area contributed by atoms with E-state index in [0.29, 0.717) is 23.3 Å². The molecule has 0 aliphatic heterocycles. The average Bonchev–Trinajstić information content (AvgIpc) is 3.24. The van der Waals surface area contributed by atoms with Crippen molar-refractivity contribution >= 4 is 17.5 Å². The smallest absolute Gasteiger partial charge is 0.257 e. The molecule has 1 amide bonds. The second-order valence-corrected chi connectivity index (χ2v) is 6.66. The van der Waals surface area contributed by atoms with Crippen LogP contribution in [0.15, 0.2) is 28.8 Å². The second kappa shape index (κ2) is 7.32. The number of nitrogens with two attached hydrogens (primary N) is 1. The number of carbonyl (C=O) groups is 1. The van der Waals surface area contributed by atoms with Crippen LogP contribution in [-0.2, 0) is 4.79 Å². The minimum absolute atomic E-state index is 0.0138. The lowest BCUT2D eigenvalue weighted by Crippen LogP contribution is -2.36. The van der Waals surface area contributed by atoms with Crippen molar-refractivity contribution in [3.05, 3.63) is 35.1 Å². The lowest BCUT2D eigenvalue weighted by Gasteiger charge is -2.19. The number of halogens is 1. The first-order valence-corrected chi connectivity index (χ1v) is 8.56. The summed E-state index contributed by atoms with van der Waals surface area (Å²) in [6.07, 6.45) is 2.96. The number of rotatable bonds is 5. The standard InChI is InChI=1S/C17H21ClN4O2/c1-10(20-16(23)14-4-2-3-12(14)9-19)15-21-17(24-22-15)11-5-7-13(18)8-6-11/h5-8,10,12,14H,2-4,9,19H2,1H3,(H,20,23)/t10?,12-,14-/m1/s1. The molecule has 3 rings (SSSR count). The first kappa shape index (κ1) is 16.9. The summed E-state index contributed by atoms with van der Waals surface area (Å²) in [6, 6.07) is 6.83. The molecule has 0 bridgehead atoms. The molecule has 0 radical (unpaired) electrons. The minimum atomic E-state index is -0.318. The van der Waals surface area contributed by atoms with E-state index in [2.05, 4.69) is 15.5 Å². The maximum Gasteiger partial charge on any atom is 0.257 e. The van der Waals surface area contributed by atoms with Crippen molar-refractivity contribution in [2.24, 2.45) is 17.6 Å². The van der Waals surface area contributed by atoms with Crippen molar-refractivity contribution < 1.29 is 9.32 Å². The van der Waals surface area contributed by atoms with Crippen LogP contribution in [0.5, 0.6) is 0 Å². The number of carbonyl (C=O) groups excluding carboxylic acids is 1. The van der Waals surface area contributed by atoms with Crippen LogP contribution in [0.1, 0.15) is 38.1 Å². The van der Waals surface area contributed by atoms with Crippen LogP contribution < -0.4 is 11.1 Å². The molecule has 1 aromatic heterocycles. The van der Waals surface area contributed by atoms with E-state index in [1.54, 1.807) is 12.1 Å². The molecule has 1 aliphatic rings. The molecule has 2 aromatic rings. The Morgan fingerprint density at radius 3 is 2.88 bits per heavy atom. The number of hydrogen-bond donors (Lipinski definition) is 2. The Kier molecular flexibility index (Phi) is 5.16. The molecule has 0 saturated heterocycles. The van der Waals surface area contributed by atoms with Crippen molar-refractivity contribution in [3.8, 4) is 11.5 Å². The van der Waals surface area contributed by atoms with Crippen LogP contribution in [-0.4, -0.2) is 22.6 Å². The number of nitrogens with one attached hydrogen (secondary N) is 1. The Morgan fingerprint density at radius 1 is 1.42 bits per heavy atom. The van der Waals surface area contributed by atoms with Crippen LogP contribution >= 0.6 is 11.6 Å². The number of hydrogen-bond acceptors (Lipinski definition) is 5. The molecule has 1 saturated carbocycles. The van der Waals surface area contributed by atoms with Crippen molar-refractivity contribution in [2.45, 2.75) is 32.2 Å². The van der Waals surface area contributed by atoms with Gasteiger partial charge in [-0.05, 0) is 56.5 Å². The van der Waals surface area contributed by atoms with E-state index >= 15 is 0 Å². The zero-order valence-corrected chi connectivity index (χ0v) is 14.3. The zero-order valence-electron chi connectivity index (χ0n) is 13.5. The summed E-state index contributed by atoms with van der Waals surface area (Å²) in [6.45, 7) is 2.40. The topological polar surface area (TPSA) is 94.0 Å². The molecule has 7 heteroatoms. The summed E-state index contributed by atoms with van der Waals surface area (Å²) >= 11 is 5.87. The fourth-order valence-electron chi connectivity index (χ4n) is 3.17. The van der Waals surface area contributed by atoms with Gasteiger partial charge >= 0.3 is 0 Å². The highest BCUT2D eigenvalue weighted by molar-refractivity contribution is 6.30. The highest BCUT2D eigenvalue weighted by Gasteiger charge is 2.33. The summed E-state index contributed by atoms with van der Waals surface area (Å²) in [7, 11) is 0. The predicted molar refractivity (Wildman–Crippen MR) is 91.2 cm³/mol. The third-order valence-electron chi connectivity index (χ3n) is 4.58. The van der Waals surface area contributed by atoms with E-state index in [4.69, 9.17) is 21.9 Å². The van der Waals surface area contributed by atoms with Gasteiger partial charge in [-0.1, -0.05) is 23.2 Å². The Hall–Kier alpha value is -1.92. The highest BCUT2D eigenvalue weighted by atomic mass is 35.5. The number of nitrogens with zero attached hydrogens (tertiary/aromatic N) is 2. The highest BCUT2D eigenvalue weighted by Crippen LogP contribution is 2.31. The van der Waals surface area contributed by atoms with E-state index in [1.165, 1.54) is 0 Å². The van der Waals surface area contributed by atoms with Gasteiger partial charge in [-0.2, -0.15) is 4.98 Å². The first-order chi connectivity index (χ1) is 11.6. The molecule has 3 atom stereocenters. The molecule has 3 N–H and O–H groups in total. The van der Waals surface area contributed by atoms with Gasteiger partial charge in [0.2, 0.25) is 5.91 Å². The maximum absolute atomic E-state index is 12.4. The molecule has 1 unspecified atom stereocenters. The molecular formula is C17H21ClN4O2. The molecular weight excluding hydrogens is 328 g/mol. The third kappa shape index (κ3) is 3.60. The van der Waals surface area contributed by atoms with Crippen molar-refractivity contribution in [3.63, 3.8) is 0 Å². The summed E-state index contributed by atoms with van der Waals surface area (Å²) in [5.41, 5.74) is 6.54. The zero-order chi connectivity index (χ0) is 17.1. The van der Waals surface area contributed by atoms with Gasteiger partial charge in [0.05, 0.1) is 6.04 Å². The van der Waals surface area contributed by atoms with Gasteiger partial charge in [-0.15, -0.1) is 0 Å². The molecule has 24 heavy (non-hydrogen) atoms. The largest absolute Gasteiger partial charge is 0.346 e. The Morgan fingerprint density at radius 2 is 2.17 bits per heavy atom. The Labute approximate surface area is 145 Å². The lowest BCUT2D eigenvalue weighted by atomic mass is 9.95. The van der Waals surface area contributed by atoms with Gasteiger partial charge in [0.1, 0.15) is 0 Å². The first-order valence-electron chi connectivity index (χ1n) is 8.18. The number of benzene rings is 1. The average molecular weight is 349 g/mol. The van der Waals surface area contributed by atoms with Gasteiger partial charge in [0.25, 0.3) is 5.89 Å². The van der Waals surface area contributed by atoms with Gasteiger partial charge in [0.15, 0.2) is 5.82 Å². The molecule has 1 aromatic carbocycles. The maximum atomic E-state index is 12.4. The molecule has 1 aliphatic carbocycles. The summed E-state index contributed by atoms with van der Waals surface area (Å²) in [5, 5.41) is 7.59. The van der Waals surface area contributed by atoms with Gasteiger partial charge in [-0.25, -0.2) is 0 Å². The predicted octanol–water partition coefficient (Wildman–Crippen LogP) is 2.94.